The molecule has 3 heterocycles. The van der Waals surface area contributed by atoms with Gasteiger partial charge in [-0.1, -0.05) is 121 Å². The quantitative estimate of drug-likeness (QED) is 0.181. The van der Waals surface area contributed by atoms with Crippen LogP contribution in [0, 0.1) is 0 Å². The van der Waals surface area contributed by atoms with Gasteiger partial charge in [0.25, 0.3) is 0 Å². The van der Waals surface area contributed by atoms with E-state index in [2.05, 4.69) is 127 Å². The number of benzene rings is 8. The van der Waals surface area contributed by atoms with Crippen molar-refractivity contribution >= 4 is 76.5 Å². The average Bonchev–Trinajstić information content (AvgIpc) is 3.76. The van der Waals surface area contributed by atoms with Crippen LogP contribution in [-0.2, 0) is 0 Å². The summed E-state index contributed by atoms with van der Waals surface area (Å²) in [5, 5.41) is 8.84. The fraction of sp³-hybridized carbons (Fsp3) is 0. The van der Waals surface area contributed by atoms with Crippen molar-refractivity contribution in [2.45, 2.75) is 0 Å². The van der Waals surface area contributed by atoms with Crippen LogP contribution < -0.4 is 0 Å². The Balaban J connectivity index is 1.08. The van der Waals surface area contributed by atoms with Gasteiger partial charge in [0.05, 0.1) is 28.3 Å². The van der Waals surface area contributed by atoms with Gasteiger partial charge in [-0.15, -0.1) is 0 Å². The highest BCUT2D eigenvalue weighted by atomic mass is 16.3. The summed E-state index contributed by atoms with van der Waals surface area (Å²) in [6, 6.07) is 52.9. The molecule has 3 aromatic heterocycles. The van der Waals surface area contributed by atoms with Crippen LogP contribution in [0.15, 0.2) is 167 Å². The molecular weight excluding hydrogens is 613 g/mol. The number of furan rings is 2. The van der Waals surface area contributed by atoms with E-state index in [-0.39, 0.29) is 0 Å². The molecule has 0 radical (unpaired) electrons. The minimum Gasteiger partial charge on any atom is -0.455 e. The van der Waals surface area contributed by atoms with Gasteiger partial charge in [0.2, 0.25) is 0 Å². The first-order valence-electron chi connectivity index (χ1n) is 16.8. The Bertz CT molecular complexity index is 3130. The molecule has 0 bridgehead atoms. The summed E-state index contributed by atoms with van der Waals surface area (Å²) in [5.41, 5.74) is 11.4. The van der Waals surface area contributed by atoms with E-state index in [0.717, 1.165) is 99.2 Å². The maximum Gasteiger partial charge on any atom is 0.147 e. The first-order chi connectivity index (χ1) is 24.8. The maximum absolute atomic E-state index is 6.58. The van der Waals surface area contributed by atoms with Crippen LogP contribution >= 0.6 is 0 Å². The lowest BCUT2D eigenvalue weighted by Gasteiger charge is -2.11. The molecule has 0 atom stereocenters. The van der Waals surface area contributed by atoms with Crippen molar-refractivity contribution in [2.75, 3.05) is 0 Å². The van der Waals surface area contributed by atoms with E-state index >= 15 is 0 Å². The van der Waals surface area contributed by atoms with Crippen molar-refractivity contribution in [3.8, 4) is 33.5 Å². The van der Waals surface area contributed by atoms with Gasteiger partial charge < -0.3 is 8.83 Å². The monoisotopic (exact) mass is 638 g/mol. The Kier molecular flexibility index (Phi) is 5.63. The second-order valence-electron chi connectivity index (χ2n) is 12.9. The Hall–Kier alpha value is -6.78. The predicted molar refractivity (Wildman–Crippen MR) is 205 cm³/mol. The SMILES string of the molecule is c1cc(-c2cccc(-c3cc4c5ccccc5oc4c4c3oc3ccccc34)c2)cc(-c2cnc3c4ccccc4c4ccccc4c3n2)c1. The summed E-state index contributed by atoms with van der Waals surface area (Å²) >= 11 is 0. The zero-order chi connectivity index (χ0) is 32.8. The van der Waals surface area contributed by atoms with Crippen LogP contribution in [-0.4, -0.2) is 9.97 Å². The van der Waals surface area contributed by atoms with Gasteiger partial charge >= 0.3 is 0 Å². The van der Waals surface area contributed by atoms with E-state index in [4.69, 9.17) is 18.8 Å². The second kappa shape index (κ2) is 10.4. The van der Waals surface area contributed by atoms with E-state index in [0.29, 0.717) is 0 Å². The Labute approximate surface area is 285 Å². The molecule has 0 unspecified atom stereocenters. The van der Waals surface area contributed by atoms with Gasteiger partial charge in [0, 0.05) is 38.1 Å². The number of hydrogen-bond donors (Lipinski definition) is 0. The molecule has 0 fully saturated rings. The Morgan fingerprint density at radius 2 is 0.920 bits per heavy atom. The van der Waals surface area contributed by atoms with Crippen LogP contribution in [0.4, 0.5) is 0 Å². The lowest BCUT2D eigenvalue weighted by Crippen LogP contribution is -1.92. The normalized spacial score (nSPS) is 12.0. The van der Waals surface area contributed by atoms with Gasteiger partial charge in [-0.05, 0) is 57.8 Å². The van der Waals surface area contributed by atoms with Gasteiger partial charge in [-0.3, -0.25) is 4.98 Å². The van der Waals surface area contributed by atoms with E-state index in [1.54, 1.807) is 0 Å². The third-order valence-corrected chi connectivity index (χ3v) is 10.1. The van der Waals surface area contributed by atoms with Crippen molar-refractivity contribution in [3.63, 3.8) is 0 Å². The van der Waals surface area contributed by atoms with Crippen LogP contribution in [0.5, 0.6) is 0 Å². The summed E-state index contributed by atoms with van der Waals surface area (Å²) < 4.78 is 13.1. The molecule has 0 amide bonds. The van der Waals surface area contributed by atoms with Crippen molar-refractivity contribution < 1.29 is 8.83 Å². The van der Waals surface area contributed by atoms with E-state index in [9.17, 15) is 0 Å². The van der Waals surface area contributed by atoms with Gasteiger partial charge in [0.15, 0.2) is 0 Å². The highest BCUT2D eigenvalue weighted by Gasteiger charge is 2.21. The lowest BCUT2D eigenvalue weighted by molar-refractivity contribution is 0.663. The van der Waals surface area contributed by atoms with Gasteiger partial charge in [-0.25, -0.2) is 4.98 Å². The molecule has 0 spiro atoms. The molecular formula is C46H26N2O2. The highest BCUT2D eigenvalue weighted by Crippen LogP contribution is 2.44. The largest absolute Gasteiger partial charge is 0.455 e. The number of aromatic nitrogens is 2. The molecule has 0 saturated heterocycles. The van der Waals surface area contributed by atoms with Crippen LogP contribution in [0.2, 0.25) is 0 Å². The number of hydrogen-bond acceptors (Lipinski definition) is 4. The molecule has 232 valence electrons. The zero-order valence-electron chi connectivity index (χ0n) is 26.7. The first kappa shape index (κ1) is 27.2. The van der Waals surface area contributed by atoms with Crippen LogP contribution in [0.25, 0.3) is 110 Å². The molecule has 8 aromatic carbocycles. The summed E-state index contributed by atoms with van der Waals surface area (Å²) in [7, 11) is 0. The molecule has 50 heavy (non-hydrogen) atoms. The molecule has 11 rings (SSSR count). The smallest absolute Gasteiger partial charge is 0.147 e. The fourth-order valence-corrected chi connectivity index (χ4v) is 7.77. The number of rotatable bonds is 3. The molecule has 0 saturated carbocycles. The molecule has 0 N–H and O–H groups in total. The van der Waals surface area contributed by atoms with Crippen molar-refractivity contribution in [1.82, 2.24) is 9.97 Å². The van der Waals surface area contributed by atoms with E-state index in [1.165, 1.54) is 10.8 Å². The van der Waals surface area contributed by atoms with Crippen LogP contribution in [0.3, 0.4) is 0 Å². The van der Waals surface area contributed by atoms with Gasteiger partial charge in [0.1, 0.15) is 22.3 Å². The Morgan fingerprint density at radius 1 is 0.380 bits per heavy atom. The van der Waals surface area contributed by atoms with Crippen molar-refractivity contribution in [3.05, 3.63) is 158 Å². The third kappa shape index (κ3) is 3.93. The molecule has 4 nitrogen and oxygen atoms in total. The summed E-state index contributed by atoms with van der Waals surface area (Å²) in [6.45, 7) is 0. The third-order valence-electron chi connectivity index (χ3n) is 10.1. The molecule has 4 heteroatoms. The fourth-order valence-electron chi connectivity index (χ4n) is 7.77. The number of para-hydroxylation sites is 2. The first-order valence-corrected chi connectivity index (χ1v) is 16.8. The van der Waals surface area contributed by atoms with Crippen LogP contribution in [0.1, 0.15) is 0 Å². The molecule has 0 aliphatic carbocycles. The lowest BCUT2D eigenvalue weighted by atomic mass is 9.95. The number of nitrogens with zero attached hydrogens (tertiary/aromatic N) is 2. The molecule has 0 aliphatic rings. The van der Waals surface area contributed by atoms with E-state index in [1.807, 2.05) is 30.5 Å². The average molecular weight is 639 g/mol. The highest BCUT2D eigenvalue weighted by molar-refractivity contribution is 6.25. The molecule has 11 aromatic rings. The predicted octanol–water partition coefficient (Wildman–Crippen LogP) is 12.7. The number of fused-ring (bicyclic) bond motifs is 13. The summed E-state index contributed by atoms with van der Waals surface area (Å²) in [6.07, 6.45) is 1.90. The minimum atomic E-state index is 0.829. The summed E-state index contributed by atoms with van der Waals surface area (Å²) in [5.74, 6) is 0. The van der Waals surface area contributed by atoms with E-state index < -0.39 is 0 Å². The van der Waals surface area contributed by atoms with Crippen molar-refractivity contribution in [2.24, 2.45) is 0 Å². The van der Waals surface area contributed by atoms with Gasteiger partial charge in [-0.2, -0.15) is 0 Å². The maximum atomic E-state index is 6.58. The Morgan fingerprint density at radius 3 is 1.66 bits per heavy atom. The molecule has 0 aliphatic heterocycles. The topological polar surface area (TPSA) is 52.1 Å². The minimum absolute atomic E-state index is 0.829. The standard InChI is InChI=1S/C46H26N2O2/c1-3-18-34-31(15-1)32-16-2-4-19-35(32)44-43(34)47-26-39(48-44)30-14-10-12-28(24-30)27-11-9-13-29(23-27)37-25-38-33-17-5-7-21-40(33)49-46(38)42-36-20-6-8-22-41(36)50-45(37)42/h1-26H. The second-order valence-corrected chi connectivity index (χ2v) is 12.9. The summed E-state index contributed by atoms with van der Waals surface area (Å²) in [4.78, 5) is 10.2. The zero-order valence-corrected chi connectivity index (χ0v) is 26.7. The van der Waals surface area contributed by atoms with Crippen molar-refractivity contribution in [1.29, 1.82) is 0 Å².